The minimum atomic E-state index is -0.485. The predicted molar refractivity (Wildman–Crippen MR) is 104 cm³/mol. The van der Waals surface area contributed by atoms with Crippen molar-refractivity contribution in [2.24, 2.45) is 0 Å². The summed E-state index contributed by atoms with van der Waals surface area (Å²) >= 11 is 2.35. The Hall–Kier alpha value is -0.820. The summed E-state index contributed by atoms with van der Waals surface area (Å²) < 4.78 is 6.80. The molecule has 4 nitrogen and oxygen atoms in total. The van der Waals surface area contributed by atoms with Crippen molar-refractivity contribution in [3.8, 4) is 0 Å². The van der Waals surface area contributed by atoms with Gasteiger partial charge in [-0.15, -0.1) is 0 Å². The van der Waals surface area contributed by atoms with Crippen molar-refractivity contribution < 1.29 is 9.53 Å². The molecule has 128 valence electrons. The highest BCUT2D eigenvalue weighted by molar-refractivity contribution is 14.1. The lowest BCUT2D eigenvalue weighted by Crippen LogP contribution is -2.44. The van der Waals surface area contributed by atoms with E-state index in [0.29, 0.717) is 0 Å². The van der Waals surface area contributed by atoms with Crippen LogP contribution in [-0.2, 0) is 4.74 Å². The van der Waals surface area contributed by atoms with Crippen LogP contribution in [0.15, 0.2) is 0 Å². The molecule has 1 fully saturated rings. The van der Waals surface area contributed by atoms with Gasteiger partial charge < -0.3 is 15.0 Å². The minimum Gasteiger partial charge on any atom is -0.456 e. The molecule has 0 unspecified atom stereocenters. The number of esters is 1. The highest BCUT2D eigenvalue weighted by atomic mass is 127. The van der Waals surface area contributed by atoms with E-state index in [0.717, 1.165) is 46.4 Å². The third-order valence-corrected chi connectivity index (χ3v) is 5.77. The number of hydrogen-bond acceptors (Lipinski definition) is 4. The van der Waals surface area contributed by atoms with Crippen LogP contribution in [0.3, 0.4) is 0 Å². The fourth-order valence-corrected chi connectivity index (χ4v) is 3.70. The van der Waals surface area contributed by atoms with Gasteiger partial charge in [0.05, 0.1) is 5.56 Å². The number of ether oxygens (including phenoxy) is 1. The number of piperazine rings is 1. The van der Waals surface area contributed by atoms with Gasteiger partial charge in [0, 0.05) is 35.4 Å². The zero-order valence-corrected chi connectivity index (χ0v) is 17.1. The van der Waals surface area contributed by atoms with Crippen molar-refractivity contribution in [1.82, 2.24) is 5.32 Å². The molecule has 1 saturated heterocycles. The van der Waals surface area contributed by atoms with Crippen LogP contribution < -0.4 is 10.2 Å². The molecule has 5 heteroatoms. The molecular formula is C18H27IN2O2. The van der Waals surface area contributed by atoms with Crippen molar-refractivity contribution in [1.29, 1.82) is 0 Å². The van der Waals surface area contributed by atoms with E-state index in [1.165, 1.54) is 11.3 Å². The molecule has 1 N–H and O–H groups in total. The van der Waals surface area contributed by atoms with Gasteiger partial charge in [-0.05, 0) is 80.8 Å². The summed E-state index contributed by atoms with van der Waals surface area (Å²) in [5, 5.41) is 3.38. The van der Waals surface area contributed by atoms with Crippen LogP contribution in [0, 0.1) is 24.3 Å². The highest BCUT2D eigenvalue weighted by Gasteiger charge is 2.27. The van der Waals surface area contributed by atoms with E-state index < -0.39 is 5.60 Å². The predicted octanol–water partition coefficient (Wildman–Crippen LogP) is 3.58. The average Bonchev–Trinajstić information content (AvgIpc) is 2.44. The standard InChI is InChI=1S/C18H27IN2O2/c1-11-14(17(22)23-18(4,5)6)12(2)16(13(3)15(11)19)21-9-7-20-8-10-21/h20H,7-10H2,1-6H3. The topological polar surface area (TPSA) is 41.6 Å². The smallest absolute Gasteiger partial charge is 0.339 e. The normalized spacial score (nSPS) is 15.7. The van der Waals surface area contributed by atoms with E-state index in [1.54, 1.807) is 0 Å². The monoisotopic (exact) mass is 430 g/mol. The van der Waals surface area contributed by atoms with Crippen molar-refractivity contribution in [2.45, 2.75) is 47.1 Å². The zero-order valence-electron chi connectivity index (χ0n) is 15.0. The van der Waals surface area contributed by atoms with E-state index in [1.807, 2.05) is 34.6 Å². The van der Waals surface area contributed by atoms with Crippen LogP contribution in [0.4, 0.5) is 5.69 Å². The number of carbonyl (C=O) groups excluding carboxylic acids is 1. The molecule has 1 aromatic carbocycles. The van der Waals surface area contributed by atoms with Gasteiger partial charge in [-0.2, -0.15) is 0 Å². The van der Waals surface area contributed by atoms with Crippen molar-refractivity contribution in [3.05, 3.63) is 25.8 Å². The molecule has 1 aliphatic rings. The molecule has 2 rings (SSSR count). The first kappa shape index (κ1) is 18.5. The SMILES string of the molecule is Cc1c(I)c(C)c(N2CCNCC2)c(C)c1C(=O)OC(C)(C)C. The number of hydrogen-bond donors (Lipinski definition) is 1. The molecule has 0 radical (unpaired) electrons. The molecule has 1 aromatic rings. The van der Waals surface area contributed by atoms with Gasteiger partial charge >= 0.3 is 5.97 Å². The van der Waals surface area contributed by atoms with Crippen molar-refractivity contribution >= 4 is 34.2 Å². The van der Waals surface area contributed by atoms with Gasteiger partial charge in [-0.25, -0.2) is 4.79 Å². The van der Waals surface area contributed by atoms with Gasteiger partial charge in [0.25, 0.3) is 0 Å². The lowest BCUT2D eigenvalue weighted by atomic mass is 9.96. The van der Waals surface area contributed by atoms with Gasteiger partial charge in [0.2, 0.25) is 0 Å². The third-order valence-electron chi connectivity index (χ3n) is 4.16. The number of nitrogens with zero attached hydrogens (tertiary/aromatic N) is 1. The van der Waals surface area contributed by atoms with Crippen molar-refractivity contribution in [3.63, 3.8) is 0 Å². The number of rotatable bonds is 2. The second-order valence-corrected chi connectivity index (χ2v) is 8.23. The van der Waals surface area contributed by atoms with Crippen LogP contribution in [0.1, 0.15) is 47.8 Å². The molecule has 0 amide bonds. The van der Waals surface area contributed by atoms with Crippen LogP contribution in [0.25, 0.3) is 0 Å². The van der Waals surface area contributed by atoms with E-state index in [-0.39, 0.29) is 5.97 Å². The Bertz CT molecular complexity index is 615. The Kier molecular flexibility index (Phi) is 5.61. The molecule has 0 aliphatic carbocycles. The maximum Gasteiger partial charge on any atom is 0.339 e. The molecule has 0 aromatic heterocycles. The number of carbonyl (C=O) groups is 1. The number of halogens is 1. The highest BCUT2D eigenvalue weighted by Crippen LogP contribution is 2.35. The number of anilines is 1. The van der Waals surface area contributed by atoms with E-state index >= 15 is 0 Å². The summed E-state index contributed by atoms with van der Waals surface area (Å²) in [6.07, 6.45) is 0. The summed E-state index contributed by atoms with van der Waals surface area (Å²) in [5.74, 6) is -0.221. The fraction of sp³-hybridized carbons (Fsp3) is 0.611. The maximum absolute atomic E-state index is 12.7. The Morgan fingerprint density at radius 3 is 2.17 bits per heavy atom. The van der Waals surface area contributed by atoms with Gasteiger partial charge in [0.1, 0.15) is 5.60 Å². The lowest BCUT2D eigenvalue weighted by Gasteiger charge is -2.34. The number of benzene rings is 1. The van der Waals surface area contributed by atoms with Gasteiger partial charge in [-0.3, -0.25) is 0 Å². The molecule has 0 saturated carbocycles. The third kappa shape index (κ3) is 3.99. The molecule has 23 heavy (non-hydrogen) atoms. The summed E-state index contributed by atoms with van der Waals surface area (Å²) in [4.78, 5) is 15.1. The second kappa shape index (κ2) is 6.97. The summed E-state index contributed by atoms with van der Waals surface area (Å²) in [5.41, 5.74) is 4.76. The summed E-state index contributed by atoms with van der Waals surface area (Å²) in [6, 6.07) is 0. The summed E-state index contributed by atoms with van der Waals surface area (Å²) in [6.45, 7) is 15.8. The maximum atomic E-state index is 12.7. The van der Waals surface area contributed by atoms with E-state index in [2.05, 4.69) is 39.7 Å². The first-order chi connectivity index (χ1) is 10.6. The molecule has 0 bridgehead atoms. The largest absolute Gasteiger partial charge is 0.456 e. The van der Waals surface area contributed by atoms with Gasteiger partial charge in [-0.1, -0.05) is 0 Å². The zero-order chi connectivity index (χ0) is 17.4. The second-order valence-electron chi connectivity index (χ2n) is 7.15. The average molecular weight is 430 g/mol. The molecule has 0 atom stereocenters. The molecule has 1 heterocycles. The Morgan fingerprint density at radius 2 is 1.65 bits per heavy atom. The van der Waals surface area contributed by atoms with E-state index in [4.69, 9.17) is 4.74 Å². The van der Waals surface area contributed by atoms with E-state index in [9.17, 15) is 4.79 Å². The Labute approximate surface area is 153 Å². The quantitative estimate of drug-likeness (QED) is 0.576. The van der Waals surface area contributed by atoms with Crippen LogP contribution in [0.5, 0.6) is 0 Å². The molecule has 1 aliphatic heterocycles. The number of nitrogens with one attached hydrogen (secondary N) is 1. The minimum absolute atomic E-state index is 0.221. The van der Waals surface area contributed by atoms with Crippen molar-refractivity contribution in [2.75, 3.05) is 31.1 Å². The van der Waals surface area contributed by atoms with Crippen LogP contribution >= 0.6 is 22.6 Å². The Morgan fingerprint density at radius 1 is 1.09 bits per heavy atom. The lowest BCUT2D eigenvalue weighted by molar-refractivity contribution is 0.00679. The fourth-order valence-electron chi connectivity index (χ4n) is 3.17. The van der Waals surface area contributed by atoms with Gasteiger partial charge in [0.15, 0.2) is 0 Å². The molecule has 0 spiro atoms. The Balaban J connectivity index is 2.54. The van der Waals surface area contributed by atoms with Crippen LogP contribution in [-0.4, -0.2) is 37.7 Å². The molecular weight excluding hydrogens is 403 g/mol. The van der Waals surface area contributed by atoms with Crippen LogP contribution in [0.2, 0.25) is 0 Å². The summed E-state index contributed by atoms with van der Waals surface area (Å²) in [7, 11) is 0. The first-order valence-corrected chi connectivity index (χ1v) is 9.19. The first-order valence-electron chi connectivity index (χ1n) is 8.11.